The van der Waals surface area contributed by atoms with Crippen molar-refractivity contribution < 1.29 is 28.2 Å². The quantitative estimate of drug-likeness (QED) is 0.190. The lowest BCUT2D eigenvalue weighted by Crippen LogP contribution is -2.39. The Morgan fingerprint density at radius 2 is 1.69 bits per heavy atom. The fourth-order valence-corrected chi connectivity index (χ4v) is 5.26. The van der Waals surface area contributed by atoms with Gasteiger partial charge in [-0.1, -0.05) is 39.2 Å². The number of alkyl halides is 2. The van der Waals surface area contributed by atoms with Gasteiger partial charge < -0.3 is 14.6 Å². The predicted molar refractivity (Wildman–Crippen MR) is 122 cm³/mol. The topological polar surface area (TPSA) is 55.8 Å². The molecule has 2 rings (SSSR count). The maximum absolute atomic E-state index is 14.8. The van der Waals surface area contributed by atoms with Gasteiger partial charge >= 0.3 is 12.1 Å². The van der Waals surface area contributed by atoms with Gasteiger partial charge in [-0.15, -0.1) is 0 Å². The first kappa shape index (κ1) is 27.2. The third-order valence-electron chi connectivity index (χ3n) is 7.38. The number of halogens is 2. The molecule has 0 aromatic rings. The molecule has 0 aromatic carbocycles. The number of hydrogen-bond acceptors (Lipinski definition) is 4. The van der Waals surface area contributed by atoms with Crippen molar-refractivity contribution in [2.75, 3.05) is 13.2 Å². The van der Waals surface area contributed by atoms with Crippen LogP contribution in [0.2, 0.25) is 0 Å². The fraction of sp³-hybridized carbons (Fsp3) is 0.885. The lowest BCUT2D eigenvalue weighted by atomic mass is 9.79. The number of aliphatic hydroxyl groups excluding tert-OH is 1. The van der Waals surface area contributed by atoms with E-state index in [0.29, 0.717) is 43.1 Å². The normalized spacial score (nSPS) is 27.7. The lowest BCUT2D eigenvalue weighted by molar-refractivity contribution is -0.302. The summed E-state index contributed by atoms with van der Waals surface area (Å²) in [7, 11) is 0. The second-order valence-corrected chi connectivity index (χ2v) is 10.2. The molecule has 0 saturated heterocycles. The van der Waals surface area contributed by atoms with Gasteiger partial charge in [0.25, 0.3) is 0 Å². The van der Waals surface area contributed by atoms with Crippen molar-refractivity contribution >= 4 is 5.97 Å². The minimum Gasteiger partial charge on any atom is -0.462 e. The minimum atomic E-state index is -3.03. The maximum atomic E-state index is 14.8. The molecule has 1 unspecified atom stereocenters. The van der Waals surface area contributed by atoms with Crippen molar-refractivity contribution in [2.24, 2.45) is 23.7 Å². The Bertz CT molecular complexity index is 564. The Kier molecular flexibility index (Phi) is 11.6. The van der Waals surface area contributed by atoms with Crippen LogP contribution in [-0.2, 0) is 14.3 Å². The number of carbonyl (C=O) groups is 1. The van der Waals surface area contributed by atoms with Gasteiger partial charge in [-0.2, -0.15) is 8.78 Å². The molecule has 0 radical (unpaired) electrons. The molecule has 0 bridgehead atoms. The van der Waals surface area contributed by atoms with E-state index in [-0.39, 0.29) is 19.1 Å². The van der Waals surface area contributed by atoms with Crippen molar-refractivity contribution in [3.63, 3.8) is 0 Å². The van der Waals surface area contributed by atoms with E-state index in [9.17, 15) is 18.7 Å². The van der Waals surface area contributed by atoms with Crippen LogP contribution < -0.4 is 0 Å². The Morgan fingerprint density at radius 3 is 2.25 bits per heavy atom. The van der Waals surface area contributed by atoms with Crippen LogP contribution in [0, 0.1) is 23.7 Å². The molecule has 2 fully saturated rings. The van der Waals surface area contributed by atoms with Gasteiger partial charge in [-0.3, -0.25) is 0 Å². The molecule has 0 heterocycles. The highest BCUT2D eigenvalue weighted by Gasteiger charge is 2.44. The summed E-state index contributed by atoms with van der Waals surface area (Å²) in [6.45, 7) is 7.44. The Hall–Kier alpha value is -1.01. The number of aliphatic hydroxyl groups is 1. The molecule has 4 nitrogen and oxygen atoms in total. The van der Waals surface area contributed by atoms with Crippen LogP contribution in [0.1, 0.15) is 97.3 Å². The van der Waals surface area contributed by atoms with E-state index in [4.69, 9.17) is 9.47 Å². The third kappa shape index (κ3) is 9.09. The Labute approximate surface area is 193 Å². The predicted octanol–water partition coefficient (Wildman–Crippen LogP) is 6.66. The highest BCUT2D eigenvalue weighted by molar-refractivity contribution is 5.86. The summed E-state index contributed by atoms with van der Waals surface area (Å²) in [6.07, 6.45) is 7.93. The molecule has 0 aliphatic heterocycles. The highest BCUT2D eigenvalue weighted by Crippen LogP contribution is 2.43. The number of esters is 1. The zero-order valence-electron chi connectivity index (χ0n) is 20.1. The zero-order valence-corrected chi connectivity index (χ0v) is 20.1. The smallest absolute Gasteiger partial charge is 0.358 e. The van der Waals surface area contributed by atoms with Crippen molar-refractivity contribution in [1.82, 2.24) is 0 Å². The van der Waals surface area contributed by atoms with E-state index in [2.05, 4.69) is 13.5 Å². The Balaban J connectivity index is 1.69. The summed E-state index contributed by atoms with van der Waals surface area (Å²) in [5.74, 6) is -0.280. The molecule has 2 saturated carbocycles. The maximum Gasteiger partial charge on any atom is 0.358 e. The standard InChI is InChI=1S/C26H44F2O4/c1-4-5-6-7-20-8-12-23(13-9-20)26(27,28)32-24-14-10-21(11-15-24)16-22(17-29)18-31-25(30)19(2)3/h20-24,29H,2,4-18H2,1,3H3. The fourth-order valence-electron chi connectivity index (χ4n) is 5.26. The molecular formula is C26H44F2O4. The summed E-state index contributed by atoms with van der Waals surface area (Å²) in [5, 5.41) is 9.60. The average Bonchev–Trinajstić information content (AvgIpc) is 2.77. The average molecular weight is 459 g/mol. The summed E-state index contributed by atoms with van der Waals surface area (Å²) < 4.78 is 40.2. The summed E-state index contributed by atoms with van der Waals surface area (Å²) in [6, 6.07) is 0. The van der Waals surface area contributed by atoms with Gasteiger partial charge in [-0.05, 0) is 76.5 Å². The summed E-state index contributed by atoms with van der Waals surface area (Å²) in [5.41, 5.74) is 0.338. The number of rotatable bonds is 13. The van der Waals surface area contributed by atoms with Crippen molar-refractivity contribution in [2.45, 2.75) is 110 Å². The molecule has 1 N–H and O–H groups in total. The molecule has 0 amide bonds. The van der Waals surface area contributed by atoms with E-state index in [1.165, 1.54) is 25.7 Å². The van der Waals surface area contributed by atoms with Gasteiger partial charge in [0.2, 0.25) is 0 Å². The van der Waals surface area contributed by atoms with Crippen molar-refractivity contribution in [3.8, 4) is 0 Å². The molecular weight excluding hydrogens is 414 g/mol. The number of carbonyl (C=O) groups excluding carboxylic acids is 1. The van der Waals surface area contributed by atoms with E-state index in [1.807, 2.05) is 0 Å². The molecule has 0 spiro atoms. The number of ether oxygens (including phenoxy) is 2. The van der Waals surface area contributed by atoms with Crippen LogP contribution in [0.15, 0.2) is 12.2 Å². The van der Waals surface area contributed by atoms with Crippen LogP contribution >= 0.6 is 0 Å². The van der Waals surface area contributed by atoms with Gasteiger partial charge in [-0.25, -0.2) is 4.79 Å². The zero-order chi connectivity index (χ0) is 23.6. The van der Waals surface area contributed by atoms with Crippen molar-refractivity contribution in [1.29, 1.82) is 0 Å². The number of unbranched alkanes of at least 4 members (excludes halogenated alkanes) is 2. The monoisotopic (exact) mass is 458 g/mol. The van der Waals surface area contributed by atoms with Crippen molar-refractivity contribution in [3.05, 3.63) is 12.2 Å². The largest absolute Gasteiger partial charge is 0.462 e. The molecule has 32 heavy (non-hydrogen) atoms. The molecule has 2 aliphatic carbocycles. The molecule has 6 heteroatoms. The number of hydrogen-bond donors (Lipinski definition) is 1. The third-order valence-corrected chi connectivity index (χ3v) is 7.38. The Morgan fingerprint density at radius 1 is 1.06 bits per heavy atom. The van der Waals surface area contributed by atoms with Crippen LogP contribution in [0.5, 0.6) is 0 Å². The SMILES string of the molecule is C=C(C)C(=O)OCC(CO)CC1CCC(OC(F)(F)C2CCC(CCCCC)CC2)CC1. The second kappa shape index (κ2) is 13.6. The van der Waals surface area contributed by atoms with Crippen LogP contribution in [0.4, 0.5) is 8.78 Å². The molecule has 186 valence electrons. The van der Waals surface area contributed by atoms with E-state index in [0.717, 1.165) is 32.1 Å². The first-order chi connectivity index (χ1) is 15.2. The van der Waals surface area contributed by atoms with Crippen LogP contribution in [0.3, 0.4) is 0 Å². The summed E-state index contributed by atoms with van der Waals surface area (Å²) >= 11 is 0. The van der Waals surface area contributed by atoms with Gasteiger partial charge in [0.1, 0.15) is 0 Å². The lowest BCUT2D eigenvalue weighted by Gasteiger charge is -2.37. The van der Waals surface area contributed by atoms with Crippen LogP contribution in [-0.4, -0.2) is 36.5 Å². The minimum absolute atomic E-state index is 0.0565. The van der Waals surface area contributed by atoms with E-state index in [1.54, 1.807) is 6.92 Å². The first-order valence-corrected chi connectivity index (χ1v) is 12.7. The van der Waals surface area contributed by atoms with Gasteiger partial charge in [0, 0.05) is 18.1 Å². The molecule has 0 aromatic heterocycles. The van der Waals surface area contributed by atoms with Crippen LogP contribution in [0.25, 0.3) is 0 Å². The first-order valence-electron chi connectivity index (χ1n) is 12.7. The highest BCUT2D eigenvalue weighted by atomic mass is 19.3. The van der Waals surface area contributed by atoms with E-state index >= 15 is 0 Å². The van der Waals surface area contributed by atoms with Gasteiger partial charge in [0.15, 0.2) is 0 Å². The van der Waals surface area contributed by atoms with Gasteiger partial charge in [0.05, 0.1) is 18.6 Å². The second-order valence-electron chi connectivity index (χ2n) is 10.2. The molecule has 2 aliphatic rings. The van der Waals surface area contributed by atoms with E-state index < -0.39 is 24.1 Å². The molecule has 1 atom stereocenters. The summed E-state index contributed by atoms with van der Waals surface area (Å²) in [4.78, 5) is 11.5.